The highest BCUT2D eigenvalue weighted by atomic mass is 16.5. The van der Waals surface area contributed by atoms with Gasteiger partial charge in [0.2, 0.25) is 11.7 Å². The monoisotopic (exact) mass is 237 g/mol. The van der Waals surface area contributed by atoms with Crippen molar-refractivity contribution in [3.05, 3.63) is 23.8 Å². The summed E-state index contributed by atoms with van der Waals surface area (Å²) in [4.78, 5) is 10.6. The predicted octanol–water partition coefficient (Wildman–Crippen LogP) is 1.26. The minimum absolute atomic E-state index is 0.110. The number of nitrogens with one attached hydrogen (secondary N) is 1. The molecule has 0 saturated heterocycles. The lowest BCUT2D eigenvalue weighted by Crippen LogP contribution is -2.19. The number of aromatic hydroxyl groups is 2. The van der Waals surface area contributed by atoms with Crippen LogP contribution >= 0.6 is 0 Å². The second kappa shape index (κ2) is 5.79. The highest BCUT2D eigenvalue weighted by Crippen LogP contribution is 2.36. The Kier molecular flexibility index (Phi) is 4.39. The van der Waals surface area contributed by atoms with Crippen LogP contribution in [0.2, 0.25) is 0 Å². The summed E-state index contributed by atoms with van der Waals surface area (Å²) in [5, 5.41) is 21.4. The summed E-state index contributed by atoms with van der Waals surface area (Å²) in [5.74, 6) is -0.444. The molecule has 1 rings (SSSR count). The van der Waals surface area contributed by atoms with Crippen LogP contribution in [0.15, 0.2) is 18.2 Å². The largest absolute Gasteiger partial charge is 0.504 e. The van der Waals surface area contributed by atoms with Crippen LogP contribution in [0.25, 0.3) is 6.08 Å². The minimum atomic E-state index is -0.286. The zero-order valence-electron chi connectivity index (χ0n) is 9.73. The van der Waals surface area contributed by atoms with E-state index in [-0.39, 0.29) is 23.2 Å². The maximum atomic E-state index is 10.6. The molecule has 0 spiro atoms. The Labute approximate surface area is 99.3 Å². The van der Waals surface area contributed by atoms with Gasteiger partial charge in [-0.3, -0.25) is 4.79 Å². The van der Waals surface area contributed by atoms with Gasteiger partial charge in [0, 0.05) is 13.5 Å². The van der Waals surface area contributed by atoms with Crippen LogP contribution < -0.4 is 10.1 Å². The van der Waals surface area contributed by atoms with Gasteiger partial charge in [0.1, 0.15) is 0 Å². The first-order valence-electron chi connectivity index (χ1n) is 5.05. The number of phenolic OH excluding ortho intramolecular Hbond substituents is 2. The summed E-state index contributed by atoms with van der Waals surface area (Å²) >= 11 is 0. The summed E-state index contributed by atoms with van der Waals surface area (Å²) < 4.78 is 4.90. The van der Waals surface area contributed by atoms with E-state index in [1.165, 1.54) is 20.1 Å². The van der Waals surface area contributed by atoms with Crippen LogP contribution in [0.5, 0.6) is 17.2 Å². The third-order valence-corrected chi connectivity index (χ3v) is 2.08. The van der Waals surface area contributed by atoms with E-state index in [4.69, 9.17) is 4.74 Å². The molecule has 1 aromatic carbocycles. The third-order valence-electron chi connectivity index (χ3n) is 2.08. The van der Waals surface area contributed by atoms with Crippen molar-refractivity contribution in [2.75, 3.05) is 13.7 Å². The molecule has 0 unspecified atom stereocenters. The van der Waals surface area contributed by atoms with Crippen molar-refractivity contribution in [1.29, 1.82) is 0 Å². The van der Waals surface area contributed by atoms with Gasteiger partial charge in [-0.1, -0.05) is 12.2 Å². The van der Waals surface area contributed by atoms with Crippen molar-refractivity contribution in [2.45, 2.75) is 6.92 Å². The highest BCUT2D eigenvalue weighted by molar-refractivity contribution is 5.73. The van der Waals surface area contributed by atoms with Crippen molar-refractivity contribution in [3.8, 4) is 17.2 Å². The van der Waals surface area contributed by atoms with Gasteiger partial charge in [0.15, 0.2) is 11.5 Å². The number of ether oxygens (including phenoxy) is 1. The van der Waals surface area contributed by atoms with Crippen molar-refractivity contribution >= 4 is 12.0 Å². The smallest absolute Gasteiger partial charge is 0.217 e. The van der Waals surface area contributed by atoms with Gasteiger partial charge in [-0.15, -0.1) is 0 Å². The fourth-order valence-corrected chi connectivity index (χ4v) is 1.26. The number of carbonyl (C=O) groups is 1. The Balaban J connectivity index is 2.78. The van der Waals surface area contributed by atoms with Crippen molar-refractivity contribution in [2.24, 2.45) is 0 Å². The van der Waals surface area contributed by atoms with Gasteiger partial charge in [0.25, 0.3) is 0 Å². The van der Waals surface area contributed by atoms with E-state index in [1.54, 1.807) is 18.2 Å². The van der Waals surface area contributed by atoms with Gasteiger partial charge < -0.3 is 20.3 Å². The standard InChI is InChI=1S/C12H15NO4/c1-8(14)13-5-3-4-9-6-10(15)12(16)11(7-9)17-2/h3-4,6-7,15-16H,5H2,1-2H3,(H,13,14). The maximum Gasteiger partial charge on any atom is 0.217 e. The number of phenols is 2. The van der Waals surface area contributed by atoms with E-state index < -0.39 is 0 Å². The molecule has 0 aromatic heterocycles. The van der Waals surface area contributed by atoms with E-state index in [0.29, 0.717) is 12.1 Å². The number of hydrogen-bond donors (Lipinski definition) is 3. The lowest BCUT2D eigenvalue weighted by atomic mass is 10.1. The SMILES string of the molecule is COc1cc(C=CCNC(C)=O)cc(O)c1O. The Morgan fingerprint density at radius 3 is 2.76 bits per heavy atom. The maximum absolute atomic E-state index is 10.6. The second-order valence-electron chi connectivity index (χ2n) is 3.43. The molecule has 3 N–H and O–H groups in total. The van der Waals surface area contributed by atoms with Gasteiger partial charge in [0.05, 0.1) is 7.11 Å². The van der Waals surface area contributed by atoms with Crippen LogP contribution in [0, 0.1) is 0 Å². The lowest BCUT2D eigenvalue weighted by Gasteiger charge is -2.06. The highest BCUT2D eigenvalue weighted by Gasteiger charge is 2.07. The number of rotatable bonds is 4. The van der Waals surface area contributed by atoms with E-state index in [9.17, 15) is 15.0 Å². The Morgan fingerprint density at radius 1 is 1.47 bits per heavy atom. The number of methoxy groups -OCH3 is 1. The van der Waals surface area contributed by atoms with Gasteiger partial charge in [-0.25, -0.2) is 0 Å². The molecule has 0 bridgehead atoms. The average molecular weight is 237 g/mol. The zero-order chi connectivity index (χ0) is 12.8. The Bertz CT molecular complexity index is 440. The molecule has 1 amide bonds. The van der Waals surface area contributed by atoms with Crippen LogP contribution in [-0.2, 0) is 4.79 Å². The van der Waals surface area contributed by atoms with Gasteiger partial charge >= 0.3 is 0 Å². The molecule has 17 heavy (non-hydrogen) atoms. The molecule has 0 atom stereocenters. The molecule has 92 valence electrons. The first-order valence-corrected chi connectivity index (χ1v) is 5.05. The van der Waals surface area contributed by atoms with Gasteiger partial charge in [-0.2, -0.15) is 0 Å². The first-order chi connectivity index (χ1) is 8.04. The number of carbonyl (C=O) groups excluding carboxylic acids is 1. The van der Waals surface area contributed by atoms with E-state index in [0.717, 1.165) is 0 Å². The molecule has 0 heterocycles. The predicted molar refractivity (Wildman–Crippen MR) is 64.0 cm³/mol. The zero-order valence-corrected chi connectivity index (χ0v) is 9.73. The third kappa shape index (κ3) is 3.71. The second-order valence-corrected chi connectivity index (χ2v) is 3.43. The van der Waals surface area contributed by atoms with Crippen LogP contribution in [0.3, 0.4) is 0 Å². The summed E-state index contributed by atoms with van der Waals surface area (Å²) in [6.45, 7) is 1.84. The van der Waals surface area contributed by atoms with E-state index in [2.05, 4.69) is 5.32 Å². The summed E-state index contributed by atoms with van der Waals surface area (Å²) in [6.07, 6.45) is 3.43. The number of amides is 1. The van der Waals surface area contributed by atoms with Crippen LogP contribution in [-0.4, -0.2) is 29.8 Å². The minimum Gasteiger partial charge on any atom is -0.504 e. The summed E-state index contributed by atoms with van der Waals surface area (Å²) in [7, 11) is 1.40. The molecule has 0 aliphatic carbocycles. The fourth-order valence-electron chi connectivity index (χ4n) is 1.26. The topological polar surface area (TPSA) is 78.8 Å². The van der Waals surface area contributed by atoms with E-state index in [1.807, 2.05) is 0 Å². The van der Waals surface area contributed by atoms with Crippen molar-refractivity contribution in [1.82, 2.24) is 5.32 Å². The van der Waals surface area contributed by atoms with Crippen LogP contribution in [0.1, 0.15) is 12.5 Å². The quantitative estimate of drug-likeness (QED) is 0.689. The molecule has 5 heteroatoms. The molecule has 5 nitrogen and oxygen atoms in total. The fraction of sp³-hybridized carbons (Fsp3) is 0.250. The van der Waals surface area contributed by atoms with Crippen LogP contribution in [0.4, 0.5) is 0 Å². The number of benzene rings is 1. The molecule has 0 radical (unpaired) electrons. The molecular formula is C12H15NO4. The first kappa shape index (κ1) is 12.9. The Hall–Kier alpha value is -2.17. The van der Waals surface area contributed by atoms with Crippen molar-refractivity contribution < 1.29 is 19.7 Å². The molecule has 0 aliphatic heterocycles. The summed E-state index contributed by atoms with van der Waals surface area (Å²) in [6, 6.07) is 2.99. The average Bonchev–Trinajstić information content (AvgIpc) is 2.28. The molecule has 0 aliphatic rings. The van der Waals surface area contributed by atoms with Crippen molar-refractivity contribution in [3.63, 3.8) is 0 Å². The summed E-state index contributed by atoms with van der Waals surface area (Å²) in [5.41, 5.74) is 0.669. The number of hydrogen-bond acceptors (Lipinski definition) is 4. The molecule has 0 fully saturated rings. The molecule has 1 aromatic rings. The van der Waals surface area contributed by atoms with E-state index >= 15 is 0 Å². The normalized spacial score (nSPS) is 10.5. The Morgan fingerprint density at radius 2 is 2.18 bits per heavy atom. The lowest BCUT2D eigenvalue weighted by molar-refractivity contribution is -0.118. The molecule has 0 saturated carbocycles. The molecular weight excluding hydrogens is 222 g/mol. The van der Waals surface area contributed by atoms with Gasteiger partial charge in [-0.05, 0) is 17.7 Å².